The molecule has 1 saturated heterocycles. The molecule has 0 spiro atoms. The molecular weight excluding hydrogens is 236 g/mol. The van der Waals surface area contributed by atoms with Crippen molar-refractivity contribution in [2.75, 3.05) is 18.4 Å². The van der Waals surface area contributed by atoms with Crippen LogP contribution in [0.2, 0.25) is 5.02 Å². The Bertz CT molecular complexity index is 433. The number of halogens is 1. The Morgan fingerprint density at radius 3 is 2.88 bits per heavy atom. The van der Waals surface area contributed by atoms with E-state index in [4.69, 9.17) is 11.6 Å². The minimum atomic E-state index is 0.0494. The summed E-state index contributed by atoms with van der Waals surface area (Å²) in [6.45, 7) is 5.72. The summed E-state index contributed by atoms with van der Waals surface area (Å²) < 4.78 is 0. The van der Waals surface area contributed by atoms with Crippen LogP contribution in [0.1, 0.15) is 12.5 Å². The Morgan fingerprint density at radius 2 is 2.24 bits per heavy atom. The van der Waals surface area contributed by atoms with Crippen LogP contribution in [0.5, 0.6) is 0 Å². The standard InChI is InChI=1S/C13H17ClN2O/c1-8-3-4-10(14)5-12(8)16-13(17)11-7-15-6-9(11)2/h3-5,9,11,15H,6-7H2,1-2H3,(H,16,17)/t9-,11-/m1/s1. The molecule has 0 saturated carbocycles. The van der Waals surface area contributed by atoms with Crippen LogP contribution in [0, 0.1) is 18.8 Å². The summed E-state index contributed by atoms with van der Waals surface area (Å²) in [5, 5.41) is 6.83. The van der Waals surface area contributed by atoms with Gasteiger partial charge in [0.2, 0.25) is 5.91 Å². The van der Waals surface area contributed by atoms with Gasteiger partial charge in [-0.2, -0.15) is 0 Å². The molecule has 1 aromatic rings. The Morgan fingerprint density at radius 1 is 1.47 bits per heavy atom. The van der Waals surface area contributed by atoms with E-state index in [-0.39, 0.29) is 11.8 Å². The molecule has 0 aromatic heterocycles. The first-order valence-electron chi connectivity index (χ1n) is 5.85. The van der Waals surface area contributed by atoms with Crippen molar-refractivity contribution in [2.24, 2.45) is 11.8 Å². The fraction of sp³-hybridized carbons (Fsp3) is 0.462. The van der Waals surface area contributed by atoms with Gasteiger partial charge in [-0.25, -0.2) is 0 Å². The SMILES string of the molecule is Cc1ccc(Cl)cc1NC(=O)[C@@H]1CNC[C@H]1C. The van der Waals surface area contributed by atoms with Gasteiger partial charge in [-0.3, -0.25) is 4.79 Å². The Hall–Kier alpha value is -1.06. The van der Waals surface area contributed by atoms with Gasteiger partial charge in [-0.15, -0.1) is 0 Å². The van der Waals surface area contributed by atoms with Crippen molar-refractivity contribution in [3.05, 3.63) is 28.8 Å². The number of aryl methyl sites for hydroxylation is 1. The maximum absolute atomic E-state index is 12.1. The predicted octanol–water partition coefficient (Wildman–Crippen LogP) is 2.44. The lowest BCUT2D eigenvalue weighted by Crippen LogP contribution is -2.28. The summed E-state index contributed by atoms with van der Waals surface area (Å²) in [6, 6.07) is 5.53. The number of rotatable bonds is 2. The quantitative estimate of drug-likeness (QED) is 0.849. The summed E-state index contributed by atoms with van der Waals surface area (Å²) >= 11 is 5.92. The smallest absolute Gasteiger partial charge is 0.229 e. The normalized spacial score (nSPS) is 23.7. The van der Waals surface area contributed by atoms with Gasteiger partial charge in [0, 0.05) is 17.3 Å². The van der Waals surface area contributed by atoms with Gasteiger partial charge in [-0.05, 0) is 37.1 Å². The molecule has 0 radical (unpaired) electrons. The minimum Gasteiger partial charge on any atom is -0.326 e. The Balaban J connectivity index is 2.10. The highest BCUT2D eigenvalue weighted by molar-refractivity contribution is 6.31. The first kappa shape index (κ1) is 12.4. The molecule has 0 unspecified atom stereocenters. The average molecular weight is 253 g/mol. The van der Waals surface area contributed by atoms with Gasteiger partial charge in [0.1, 0.15) is 0 Å². The molecule has 2 atom stereocenters. The summed E-state index contributed by atoms with van der Waals surface area (Å²) in [4.78, 5) is 12.1. The second-order valence-corrected chi connectivity index (χ2v) is 5.13. The zero-order valence-corrected chi connectivity index (χ0v) is 10.8. The summed E-state index contributed by atoms with van der Waals surface area (Å²) in [5.74, 6) is 0.510. The summed E-state index contributed by atoms with van der Waals surface area (Å²) in [6.07, 6.45) is 0. The Kier molecular flexibility index (Phi) is 3.69. The van der Waals surface area contributed by atoms with E-state index in [1.54, 1.807) is 6.07 Å². The summed E-state index contributed by atoms with van der Waals surface area (Å²) in [7, 11) is 0. The number of hydrogen-bond acceptors (Lipinski definition) is 2. The highest BCUT2D eigenvalue weighted by Gasteiger charge is 2.29. The van der Waals surface area contributed by atoms with Crippen molar-refractivity contribution in [1.29, 1.82) is 0 Å². The number of nitrogens with one attached hydrogen (secondary N) is 2. The van der Waals surface area contributed by atoms with E-state index in [0.29, 0.717) is 10.9 Å². The van der Waals surface area contributed by atoms with Gasteiger partial charge in [0.25, 0.3) is 0 Å². The van der Waals surface area contributed by atoms with Gasteiger partial charge in [0.15, 0.2) is 0 Å². The molecule has 0 bridgehead atoms. The largest absolute Gasteiger partial charge is 0.326 e. The first-order valence-corrected chi connectivity index (χ1v) is 6.23. The number of amides is 1. The topological polar surface area (TPSA) is 41.1 Å². The van der Waals surface area contributed by atoms with Crippen molar-refractivity contribution in [3.63, 3.8) is 0 Å². The van der Waals surface area contributed by atoms with Crippen LogP contribution < -0.4 is 10.6 Å². The highest BCUT2D eigenvalue weighted by atomic mass is 35.5. The Labute approximate surface area is 107 Å². The third-order valence-corrected chi connectivity index (χ3v) is 3.55. The monoisotopic (exact) mass is 252 g/mol. The van der Waals surface area contributed by atoms with Crippen LogP contribution in [0.4, 0.5) is 5.69 Å². The van der Waals surface area contributed by atoms with Crippen molar-refractivity contribution in [3.8, 4) is 0 Å². The maximum atomic E-state index is 12.1. The second kappa shape index (κ2) is 5.07. The van der Waals surface area contributed by atoms with Crippen molar-refractivity contribution in [2.45, 2.75) is 13.8 Å². The van der Waals surface area contributed by atoms with E-state index >= 15 is 0 Å². The molecule has 3 nitrogen and oxygen atoms in total. The van der Waals surface area contributed by atoms with Gasteiger partial charge in [-0.1, -0.05) is 24.6 Å². The van der Waals surface area contributed by atoms with E-state index in [1.807, 2.05) is 19.1 Å². The number of carbonyl (C=O) groups is 1. The lowest BCUT2D eigenvalue weighted by Gasteiger charge is -2.15. The van der Waals surface area contributed by atoms with E-state index in [2.05, 4.69) is 17.6 Å². The molecular formula is C13H17ClN2O. The fourth-order valence-electron chi connectivity index (χ4n) is 2.12. The summed E-state index contributed by atoms with van der Waals surface area (Å²) in [5.41, 5.74) is 1.84. The highest BCUT2D eigenvalue weighted by Crippen LogP contribution is 2.23. The molecule has 2 N–H and O–H groups in total. The zero-order chi connectivity index (χ0) is 12.4. The molecule has 2 rings (SSSR count). The van der Waals surface area contributed by atoms with Crippen LogP contribution in [-0.2, 0) is 4.79 Å². The van der Waals surface area contributed by atoms with E-state index < -0.39 is 0 Å². The maximum Gasteiger partial charge on any atom is 0.229 e. The van der Waals surface area contributed by atoms with E-state index in [0.717, 1.165) is 24.3 Å². The molecule has 0 aliphatic carbocycles. The molecule has 1 heterocycles. The number of anilines is 1. The molecule has 4 heteroatoms. The van der Waals surface area contributed by atoms with Crippen molar-refractivity contribution in [1.82, 2.24) is 5.32 Å². The van der Waals surface area contributed by atoms with Crippen molar-refractivity contribution < 1.29 is 4.79 Å². The van der Waals surface area contributed by atoms with Crippen LogP contribution >= 0.6 is 11.6 Å². The van der Waals surface area contributed by atoms with Crippen LogP contribution in [0.15, 0.2) is 18.2 Å². The first-order chi connectivity index (χ1) is 8.08. The van der Waals surface area contributed by atoms with Gasteiger partial charge < -0.3 is 10.6 Å². The molecule has 1 aliphatic rings. The van der Waals surface area contributed by atoms with E-state index in [1.165, 1.54) is 0 Å². The minimum absolute atomic E-state index is 0.0494. The third-order valence-electron chi connectivity index (χ3n) is 3.31. The number of hydrogen-bond donors (Lipinski definition) is 2. The third kappa shape index (κ3) is 2.79. The number of carbonyl (C=O) groups excluding carboxylic acids is 1. The van der Waals surface area contributed by atoms with Crippen molar-refractivity contribution >= 4 is 23.2 Å². The van der Waals surface area contributed by atoms with Crippen LogP contribution in [-0.4, -0.2) is 19.0 Å². The molecule has 1 aromatic carbocycles. The average Bonchev–Trinajstić information content (AvgIpc) is 2.70. The van der Waals surface area contributed by atoms with Gasteiger partial charge >= 0.3 is 0 Å². The number of benzene rings is 1. The van der Waals surface area contributed by atoms with Crippen LogP contribution in [0.3, 0.4) is 0 Å². The molecule has 1 fully saturated rings. The van der Waals surface area contributed by atoms with Gasteiger partial charge in [0.05, 0.1) is 5.92 Å². The molecule has 1 amide bonds. The molecule has 1 aliphatic heterocycles. The van der Waals surface area contributed by atoms with Crippen LogP contribution in [0.25, 0.3) is 0 Å². The lowest BCUT2D eigenvalue weighted by atomic mass is 9.97. The second-order valence-electron chi connectivity index (χ2n) is 4.69. The predicted molar refractivity (Wildman–Crippen MR) is 70.3 cm³/mol. The fourth-order valence-corrected chi connectivity index (χ4v) is 2.29. The van der Waals surface area contributed by atoms with E-state index in [9.17, 15) is 4.79 Å². The zero-order valence-electron chi connectivity index (χ0n) is 10.1. The molecule has 92 valence electrons. The molecule has 17 heavy (non-hydrogen) atoms. The lowest BCUT2D eigenvalue weighted by molar-refractivity contribution is -0.120.